The summed E-state index contributed by atoms with van der Waals surface area (Å²) in [5.74, 6) is -0.853. The number of anilines is 1. The van der Waals surface area contributed by atoms with Crippen LogP contribution in [-0.2, 0) is 9.59 Å². The van der Waals surface area contributed by atoms with Gasteiger partial charge in [0.05, 0.1) is 11.3 Å². The minimum atomic E-state index is -0.473. The van der Waals surface area contributed by atoms with E-state index in [1.54, 1.807) is 12.1 Å². The summed E-state index contributed by atoms with van der Waals surface area (Å²) in [5, 5.41) is -0.0305. The van der Waals surface area contributed by atoms with Crippen molar-refractivity contribution in [3.8, 4) is 0 Å². The van der Waals surface area contributed by atoms with Gasteiger partial charge in [-0.1, -0.05) is 54.1 Å². The van der Waals surface area contributed by atoms with Crippen molar-refractivity contribution in [3.05, 3.63) is 70.3 Å². The molecule has 1 aliphatic heterocycles. The summed E-state index contributed by atoms with van der Waals surface area (Å²) in [5.41, 5.74) is 3.32. The highest BCUT2D eigenvalue weighted by Gasteiger charge is 2.39. The van der Waals surface area contributed by atoms with E-state index >= 15 is 0 Å². The van der Waals surface area contributed by atoms with Crippen LogP contribution in [0, 0.1) is 13.8 Å². The number of rotatable bonds is 2. The van der Waals surface area contributed by atoms with Crippen LogP contribution in [0.1, 0.15) is 16.7 Å². The van der Waals surface area contributed by atoms with Gasteiger partial charge in [-0.3, -0.25) is 9.59 Å². The van der Waals surface area contributed by atoms with Crippen LogP contribution in [0.3, 0.4) is 0 Å². The maximum absolute atomic E-state index is 12.8. The van der Waals surface area contributed by atoms with Crippen LogP contribution in [0.5, 0.6) is 0 Å². The first kappa shape index (κ1) is 14.5. The number of halogens is 1. The summed E-state index contributed by atoms with van der Waals surface area (Å²) >= 11 is 6.16. The molecule has 2 amide bonds. The van der Waals surface area contributed by atoms with Gasteiger partial charge in [0.2, 0.25) is 0 Å². The summed E-state index contributed by atoms with van der Waals surface area (Å²) in [6, 6.07) is 14.7. The number of imide groups is 1. The molecule has 2 aromatic rings. The molecule has 0 unspecified atom stereocenters. The first-order valence-corrected chi connectivity index (χ1v) is 7.29. The zero-order valence-electron chi connectivity index (χ0n) is 12.3. The number of carbonyl (C=O) groups is 2. The highest BCUT2D eigenvalue weighted by molar-refractivity contribution is 6.60. The van der Waals surface area contributed by atoms with Crippen LogP contribution in [0.15, 0.2) is 53.6 Å². The Morgan fingerprint density at radius 3 is 2.27 bits per heavy atom. The van der Waals surface area contributed by atoms with E-state index in [2.05, 4.69) is 0 Å². The van der Waals surface area contributed by atoms with Crippen molar-refractivity contribution in [2.24, 2.45) is 0 Å². The zero-order chi connectivity index (χ0) is 15.9. The van der Waals surface area contributed by atoms with E-state index in [0.717, 1.165) is 16.0 Å². The molecular weight excluding hydrogens is 298 g/mol. The van der Waals surface area contributed by atoms with Gasteiger partial charge in [-0.25, -0.2) is 4.90 Å². The fraction of sp³-hybridized carbons (Fsp3) is 0.111. The molecule has 110 valence electrons. The second-order valence-corrected chi connectivity index (χ2v) is 5.67. The van der Waals surface area contributed by atoms with E-state index in [1.165, 1.54) is 0 Å². The smallest absolute Gasteiger partial charge is 0.268 e. The number of carbonyl (C=O) groups excluding carboxylic acids is 2. The van der Waals surface area contributed by atoms with Gasteiger partial charge < -0.3 is 0 Å². The van der Waals surface area contributed by atoms with Gasteiger partial charge in [0.1, 0.15) is 5.03 Å². The Balaban J connectivity index is 2.11. The average Bonchev–Trinajstić information content (AvgIpc) is 2.73. The molecule has 0 saturated heterocycles. The number of hydrogen-bond donors (Lipinski definition) is 0. The summed E-state index contributed by atoms with van der Waals surface area (Å²) in [6.45, 7) is 3.78. The maximum atomic E-state index is 12.8. The van der Waals surface area contributed by atoms with Crippen LogP contribution in [0.25, 0.3) is 5.57 Å². The van der Waals surface area contributed by atoms with Crippen LogP contribution >= 0.6 is 11.6 Å². The van der Waals surface area contributed by atoms with Gasteiger partial charge >= 0.3 is 0 Å². The van der Waals surface area contributed by atoms with Crippen molar-refractivity contribution in [1.29, 1.82) is 0 Å². The maximum Gasteiger partial charge on any atom is 0.277 e. The predicted octanol–water partition coefficient (Wildman–Crippen LogP) is 3.83. The molecule has 0 aliphatic carbocycles. The number of benzene rings is 2. The molecule has 0 fully saturated rings. The second kappa shape index (κ2) is 5.43. The number of aryl methyl sites for hydroxylation is 2. The molecule has 1 aliphatic rings. The van der Waals surface area contributed by atoms with Crippen molar-refractivity contribution < 1.29 is 9.59 Å². The number of nitrogens with zero attached hydrogens (tertiary/aromatic N) is 1. The SMILES string of the molecule is Cc1ccc(C)c(N2C(=O)C(Cl)=C(c3ccccc3)C2=O)c1. The lowest BCUT2D eigenvalue weighted by Crippen LogP contribution is -2.31. The van der Waals surface area contributed by atoms with Crippen molar-refractivity contribution in [2.75, 3.05) is 4.90 Å². The summed E-state index contributed by atoms with van der Waals surface area (Å²) in [7, 11) is 0. The van der Waals surface area contributed by atoms with E-state index in [1.807, 2.05) is 50.2 Å². The Bertz CT molecular complexity index is 809. The Labute approximate surface area is 133 Å². The molecule has 0 radical (unpaired) electrons. The highest BCUT2D eigenvalue weighted by Crippen LogP contribution is 2.36. The molecule has 3 rings (SSSR count). The zero-order valence-corrected chi connectivity index (χ0v) is 13.0. The Kier molecular flexibility index (Phi) is 3.59. The molecule has 0 bridgehead atoms. The topological polar surface area (TPSA) is 37.4 Å². The standard InChI is InChI=1S/C18H14ClNO2/c1-11-8-9-12(2)14(10-11)20-17(21)15(16(19)18(20)22)13-6-4-3-5-7-13/h3-10H,1-2H3. The monoisotopic (exact) mass is 311 g/mol. The molecule has 0 atom stereocenters. The molecule has 2 aromatic carbocycles. The Morgan fingerprint density at radius 1 is 0.909 bits per heavy atom. The third-order valence-electron chi connectivity index (χ3n) is 3.70. The molecule has 0 N–H and O–H groups in total. The van der Waals surface area contributed by atoms with Crippen molar-refractivity contribution in [3.63, 3.8) is 0 Å². The minimum absolute atomic E-state index is 0.0305. The molecular formula is C18H14ClNO2. The molecule has 4 heteroatoms. The third kappa shape index (κ3) is 2.24. The summed E-state index contributed by atoms with van der Waals surface area (Å²) < 4.78 is 0. The Morgan fingerprint density at radius 2 is 1.59 bits per heavy atom. The first-order chi connectivity index (χ1) is 10.5. The summed E-state index contributed by atoms with van der Waals surface area (Å²) in [4.78, 5) is 26.4. The van der Waals surface area contributed by atoms with Crippen molar-refractivity contribution in [1.82, 2.24) is 0 Å². The highest BCUT2D eigenvalue weighted by atomic mass is 35.5. The van der Waals surface area contributed by atoms with Gasteiger partial charge in [-0.15, -0.1) is 0 Å². The van der Waals surface area contributed by atoms with E-state index < -0.39 is 5.91 Å². The van der Waals surface area contributed by atoms with E-state index in [9.17, 15) is 9.59 Å². The normalized spacial score (nSPS) is 15.0. The van der Waals surface area contributed by atoms with Gasteiger partial charge in [0, 0.05) is 0 Å². The molecule has 3 nitrogen and oxygen atoms in total. The van der Waals surface area contributed by atoms with Gasteiger partial charge in [0.25, 0.3) is 11.8 Å². The molecule has 0 aromatic heterocycles. The average molecular weight is 312 g/mol. The Hall–Kier alpha value is -2.39. The van der Waals surface area contributed by atoms with Gasteiger partial charge in [0.15, 0.2) is 0 Å². The fourth-order valence-electron chi connectivity index (χ4n) is 2.54. The van der Waals surface area contributed by atoms with Gasteiger partial charge in [-0.05, 0) is 36.6 Å². The number of amides is 2. The molecule has 0 saturated carbocycles. The van der Waals surface area contributed by atoms with Crippen molar-refractivity contribution >= 4 is 34.7 Å². The van der Waals surface area contributed by atoms with Crippen LogP contribution in [-0.4, -0.2) is 11.8 Å². The van der Waals surface area contributed by atoms with Crippen molar-refractivity contribution in [2.45, 2.75) is 13.8 Å². The molecule has 0 spiro atoms. The number of hydrogen-bond acceptors (Lipinski definition) is 2. The summed E-state index contributed by atoms with van der Waals surface area (Å²) in [6.07, 6.45) is 0. The fourth-order valence-corrected chi connectivity index (χ4v) is 2.81. The lowest BCUT2D eigenvalue weighted by Gasteiger charge is -2.18. The van der Waals surface area contributed by atoms with Crippen LogP contribution < -0.4 is 4.90 Å². The lowest BCUT2D eigenvalue weighted by atomic mass is 10.1. The van der Waals surface area contributed by atoms with E-state index in [4.69, 9.17) is 11.6 Å². The molecule has 1 heterocycles. The second-order valence-electron chi connectivity index (χ2n) is 5.29. The quantitative estimate of drug-likeness (QED) is 0.791. The molecule has 22 heavy (non-hydrogen) atoms. The largest absolute Gasteiger partial charge is 0.277 e. The third-order valence-corrected chi connectivity index (χ3v) is 4.05. The predicted molar refractivity (Wildman–Crippen MR) is 87.6 cm³/mol. The van der Waals surface area contributed by atoms with E-state index in [-0.39, 0.29) is 16.5 Å². The lowest BCUT2D eigenvalue weighted by molar-refractivity contribution is -0.119. The minimum Gasteiger partial charge on any atom is -0.268 e. The first-order valence-electron chi connectivity index (χ1n) is 6.92. The van der Waals surface area contributed by atoms with Crippen LogP contribution in [0.4, 0.5) is 5.69 Å². The van der Waals surface area contributed by atoms with E-state index in [0.29, 0.717) is 11.3 Å². The van der Waals surface area contributed by atoms with Gasteiger partial charge in [-0.2, -0.15) is 0 Å². The van der Waals surface area contributed by atoms with Crippen LogP contribution in [0.2, 0.25) is 0 Å².